The molecule has 0 saturated carbocycles. The van der Waals surface area contributed by atoms with E-state index in [9.17, 15) is 10.5 Å². The van der Waals surface area contributed by atoms with Gasteiger partial charge in [0, 0.05) is 27.2 Å². The number of hydrogen-bond donors (Lipinski definition) is 0. The Labute approximate surface area is 276 Å². The zero-order chi connectivity index (χ0) is 32.2. The SMILES string of the molecule is N#Cc1ccc2oc3ccc(-c4c(-c5ccccc5)cccc4-c4cccc(-n5c6ccccc6c6cc(C#N)ccc65)c4)cc3c2c1. The lowest BCUT2D eigenvalue weighted by Gasteiger charge is -2.17. The first kappa shape index (κ1) is 27.4. The molecule has 0 amide bonds. The minimum atomic E-state index is 0.603. The minimum absolute atomic E-state index is 0.603. The molecule has 48 heavy (non-hydrogen) atoms. The molecule has 0 aliphatic heterocycles. The van der Waals surface area contributed by atoms with Gasteiger partial charge in [0.15, 0.2) is 0 Å². The van der Waals surface area contributed by atoms with Crippen molar-refractivity contribution in [2.75, 3.05) is 0 Å². The number of hydrogen-bond acceptors (Lipinski definition) is 3. The summed E-state index contributed by atoms with van der Waals surface area (Å²) in [5, 5.41) is 23.3. The maximum atomic E-state index is 9.63. The zero-order valence-corrected chi connectivity index (χ0v) is 25.7. The Kier molecular flexibility index (Phi) is 6.22. The number of furan rings is 1. The normalized spacial score (nSPS) is 11.3. The third-order valence-corrected chi connectivity index (χ3v) is 9.25. The van der Waals surface area contributed by atoms with Gasteiger partial charge in [0.1, 0.15) is 11.2 Å². The van der Waals surface area contributed by atoms with Gasteiger partial charge in [-0.1, -0.05) is 84.9 Å². The van der Waals surface area contributed by atoms with Gasteiger partial charge in [0.2, 0.25) is 0 Å². The molecule has 0 unspecified atom stereocenters. The molecule has 9 aromatic rings. The Hall–Kier alpha value is -6.88. The molecule has 0 aliphatic rings. The van der Waals surface area contributed by atoms with Crippen molar-refractivity contribution in [3.05, 3.63) is 163 Å². The van der Waals surface area contributed by atoms with Gasteiger partial charge in [-0.15, -0.1) is 0 Å². The van der Waals surface area contributed by atoms with Crippen LogP contribution in [0.3, 0.4) is 0 Å². The summed E-state index contributed by atoms with van der Waals surface area (Å²) >= 11 is 0. The number of rotatable bonds is 4. The molecule has 222 valence electrons. The highest BCUT2D eigenvalue weighted by molar-refractivity contribution is 6.10. The molecular weight excluding hydrogens is 587 g/mol. The van der Waals surface area contributed by atoms with Gasteiger partial charge >= 0.3 is 0 Å². The molecule has 0 fully saturated rings. The molecule has 0 saturated heterocycles. The van der Waals surface area contributed by atoms with E-state index in [-0.39, 0.29) is 0 Å². The van der Waals surface area contributed by atoms with Crippen LogP contribution < -0.4 is 0 Å². The van der Waals surface area contributed by atoms with E-state index in [1.807, 2.05) is 48.5 Å². The van der Waals surface area contributed by atoms with Crippen LogP contribution in [0.1, 0.15) is 11.1 Å². The summed E-state index contributed by atoms with van der Waals surface area (Å²) in [6.07, 6.45) is 0. The molecule has 9 rings (SSSR count). The molecule has 0 spiro atoms. The minimum Gasteiger partial charge on any atom is -0.456 e. The first-order valence-corrected chi connectivity index (χ1v) is 15.8. The number of benzene rings is 7. The van der Waals surface area contributed by atoms with Crippen LogP contribution in [0.5, 0.6) is 0 Å². The van der Waals surface area contributed by atoms with Crippen molar-refractivity contribution < 1.29 is 4.42 Å². The van der Waals surface area contributed by atoms with E-state index in [0.29, 0.717) is 11.1 Å². The number of fused-ring (bicyclic) bond motifs is 6. The zero-order valence-electron chi connectivity index (χ0n) is 25.7. The van der Waals surface area contributed by atoms with E-state index in [2.05, 4.69) is 114 Å². The Morgan fingerprint density at radius 3 is 1.88 bits per heavy atom. The Bertz CT molecular complexity index is 2810. The van der Waals surface area contributed by atoms with Crippen LogP contribution >= 0.6 is 0 Å². The van der Waals surface area contributed by atoms with Crippen molar-refractivity contribution in [2.24, 2.45) is 0 Å². The highest BCUT2D eigenvalue weighted by atomic mass is 16.3. The summed E-state index contributed by atoms with van der Waals surface area (Å²) in [4.78, 5) is 0. The molecule has 0 aliphatic carbocycles. The summed E-state index contributed by atoms with van der Waals surface area (Å²) in [6, 6.07) is 56.4. The maximum Gasteiger partial charge on any atom is 0.135 e. The molecule has 2 heterocycles. The molecule has 4 heteroatoms. The second kappa shape index (κ2) is 10.9. The van der Waals surface area contributed by atoms with Gasteiger partial charge in [-0.25, -0.2) is 0 Å². The van der Waals surface area contributed by atoms with Gasteiger partial charge in [0.05, 0.1) is 34.3 Å². The van der Waals surface area contributed by atoms with E-state index in [1.54, 1.807) is 6.07 Å². The second-order valence-corrected chi connectivity index (χ2v) is 12.0. The van der Waals surface area contributed by atoms with Crippen molar-refractivity contribution in [3.8, 4) is 51.2 Å². The smallest absolute Gasteiger partial charge is 0.135 e. The van der Waals surface area contributed by atoms with Crippen LogP contribution in [0.2, 0.25) is 0 Å². The van der Waals surface area contributed by atoms with Crippen molar-refractivity contribution in [1.29, 1.82) is 10.5 Å². The first-order chi connectivity index (χ1) is 23.7. The predicted molar refractivity (Wildman–Crippen MR) is 194 cm³/mol. The van der Waals surface area contributed by atoms with Gasteiger partial charge in [0.25, 0.3) is 0 Å². The summed E-state index contributed by atoms with van der Waals surface area (Å²) in [6.45, 7) is 0. The van der Waals surface area contributed by atoms with Crippen LogP contribution in [0.4, 0.5) is 0 Å². The van der Waals surface area contributed by atoms with Gasteiger partial charge in [-0.3, -0.25) is 0 Å². The average Bonchev–Trinajstić information content (AvgIpc) is 3.69. The monoisotopic (exact) mass is 611 g/mol. The highest BCUT2D eigenvalue weighted by Crippen LogP contribution is 2.43. The first-order valence-electron chi connectivity index (χ1n) is 15.8. The lowest BCUT2D eigenvalue weighted by molar-refractivity contribution is 0.669. The van der Waals surface area contributed by atoms with Gasteiger partial charge < -0.3 is 8.98 Å². The topological polar surface area (TPSA) is 65.7 Å². The molecule has 4 nitrogen and oxygen atoms in total. The summed E-state index contributed by atoms with van der Waals surface area (Å²) in [7, 11) is 0. The van der Waals surface area contributed by atoms with Crippen LogP contribution in [0, 0.1) is 22.7 Å². The van der Waals surface area contributed by atoms with E-state index < -0.39 is 0 Å². The average molecular weight is 612 g/mol. The summed E-state index contributed by atoms with van der Waals surface area (Å²) in [5.41, 5.74) is 12.6. The summed E-state index contributed by atoms with van der Waals surface area (Å²) in [5.74, 6) is 0. The van der Waals surface area contributed by atoms with Crippen LogP contribution in [0.25, 0.3) is 82.8 Å². The molecule has 7 aromatic carbocycles. The summed E-state index contributed by atoms with van der Waals surface area (Å²) < 4.78 is 8.47. The number of para-hydroxylation sites is 1. The van der Waals surface area contributed by atoms with Gasteiger partial charge in [-0.2, -0.15) is 10.5 Å². The molecule has 0 atom stereocenters. The molecular formula is C44H25N3O. The third-order valence-electron chi connectivity index (χ3n) is 9.25. The predicted octanol–water partition coefficient (Wildman–Crippen LogP) is 11.4. The van der Waals surface area contributed by atoms with E-state index in [1.165, 1.54) is 0 Å². The quantitative estimate of drug-likeness (QED) is 0.199. The number of nitriles is 2. The van der Waals surface area contributed by atoms with Gasteiger partial charge in [-0.05, 0) is 100 Å². The lowest BCUT2D eigenvalue weighted by atomic mass is 9.87. The van der Waals surface area contributed by atoms with E-state index >= 15 is 0 Å². The number of nitrogens with zero attached hydrogens (tertiary/aromatic N) is 3. The van der Waals surface area contributed by atoms with Crippen molar-refractivity contribution in [2.45, 2.75) is 0 Å². The second-order valence-electron chi connectivity index (χ2n) is 12.0. The highest BCUT2D eigenvalue weighted by Gasteiger charge is 2.18. The Morgan fingerprint density at radius 1 is 0.438 bits per heavy atom. The van der Waals surface area contributed by atoms with Crippen LogP contribution in [0.15, 0.2) is 156 Å². The largest absolute Gasteiger partial charge is 0.456 e. The van der Waals surface area contributed by atoms with Crippen molar-refractivity contribution in [3.63, 3.8) is 0 Å². The third kappa shape index (κ3) is 4.29. The Balaban J connectivity index is 1.29. The number of aromatic nitrogens is 1. The van der Waals surface area contributed by atoms with Crippen molar-refractivity contribution >= 4 is 43.7 Å². The fourth-order valence-corrected chi connectivity index (χ4v) is 7.10. The molecule has 2 aromatic heterocycles. The fourth-order valence-electron chi connectivity index (χ4n) is 7.10. The lowest BCUT2D eigenvalue weighted by Crippen LogP contribution is -1.95. The maximum absolute atomic E-state index is 9.63. The van der Waals surface area contributed by atoms with E-state index in [4.69, 9.17) is 4.42 Å². The van der Waals surface area contributed by atoms with Crippen LogP contribution in [-0.4, -0.2) is 4.57 Å². The Morgan fingerprint density at radius 2 is 1.06 bits per heavy atom. The standard InChI is InChI=1S/C44H25N3O/c45-26-28-16-19-41-37(22-28)36-12-4-5-15-40(36)47(41)33-11-6-10-31(24-33)35-14-7-13-34(30-8-2-1-3-9-30)44(35)32-18-21-43-39(25-32)38-23-29(27-46)17-20-42(38)48-43/h1-25H. The molecule has 0 N–H and O–H groups in total. The molecule has 0 bridgehead atoms. The fraction of sp³-hybridized carbons (Fsp3) is 0. The van der Waals surface area contributed by atoms with E-state index in [0.717, 1.165) is 82.8 Å². The van der Waals surface area contributed by atoms with Crippen LogP contribution in [-0.2, 0) is 0 Å². The van der Waals surface area contributed by atoms with Crippen molar-refractivity contribution in [1.82, 2.24) is 4.57 Å². The molecule has 0 radical (unpaired) electrons.